The smallest absolute Gasteiger partial charge is 0.317 e. The van der Waals surface area contributed by atoms with Crippen LogP contribution in [0.1, 0.15) is 6.92 Å². The van der Waals surface area contributed by atoms with Crippen LogP contribution < -0.4 is 5.32 Å². The molecule has 0 bridgehead atoms. The van der Waals surface area contributed by atoms with Crippen LogP contribution in [-0.2, 0) is 33.4 Å². The normalized spacial score (nSPS) is 10.9. The Labute approximate surface area is 173 Å². The van der Waals surface area contributed by atoms with Crippen molar-refractivity contribution in [2.75, 3.05) is 72.2 Å². The molecule has 0 rings (SSSR count). The summed E-state index contributed by atoms with van der Waals surface area (Å²) in [6, 6.07) is 0. The van der Waals surface area contributed by atoms with E-state index in [1.807, 2.05) is 0 Å². The van der Waals surface area contributed by atoms with Gasteiger partial charge in [-0.2, -0.15) is 0 Å². The molecule has 0 aromatic rings. The molecule has 0 aromatic carbocycles. The molecule has 30 heavy (non-hydrogen) atoms. The fourth-order valence-corrected chi connectivity index (χ4v) is 2.24. The molecule has 0 aliphatic carbocycles. The van der Waals surface area contributed by atoms with Crippen molar-refractivity contribution in [3.63, 3.8) is 0 Å². The lowest BCUT2D eigenvalue weighted by Gasteiger charge is -2.24. The third-order valence-corrected chi connectivity index (χ3v) is 3.42. The Morgan fingerprint density at radius 3 is 1.67 bits per heavy atom. The summed E-state index contributed by atoms with van der Waals surface area (Å²) in [6.07, 6.45) is 0. The molecule has 0 fully saturated rings. The molecule has 0 heterocycles. The average molecular weight is 435 g/mol. The highest BCUT2D eigenvalue weighted by Crippen LogP contribution is 1.94. The van der Waals surface area contributed by atoms with E-state index in [1.165, 1.54) is 11.8 Å². The Morgan fingerprint density at radius 1 is 0.733 bits per heavy atom. The minimum Gasteiger partial charge on any atom is -0.480 e. The highest BCUT2D eigenvalue weighted by Gasteiger charge is 2.18. The molecule has 13 nitrogen and oxygen atoms in total. The molecule has 0 radical (unpaired) electrons. The minimum absolute atomic E-state index is 0.00966. The summed E-state index contributed by atoms with van der Waals surface area (Å²) in [6.45, 7) is 0.450. The summed E-state index contributed by atoms with van der Waals surface area (Å²) >= 11 is 0. The Bertz CT molecular complexity index is 568. The van der Waals surface area contributed by atoms with Crippen LogP contribution in [0.25, 0.3) is 0 Å². The minimum atomic E-state index is -1.22. The van der Waals surface area contributed by atoms with Crippen LogP contribution in [0.2, 0.25) is 0 Å². The number of carboxylic acid groups (broad SMARTS) is 3. The zero-order valence-corrected chi connectivity index (χ0v) is 16.9. The zero-order valence-electron chi connectivity index (χ0n) is 16.9. The number of ether oxygens (including phenoxy) is 2. The number of carbonyl (C=O) groups is 5. The first-order valence-corrected chi connectivity index (χ1v) is 9.11. The number of Topliss-reactive ketones (excluding diaryl/α,β-unsaturated/α-hetero) is 1. The first kappa shape index (κ1) is 27.4. The Morgan fingerprint density at radius 2 is 1.20 bits per heavy atom. The van der Waals surface area contributed by atoms with Crippen molar-refractivity contribution in [2.24, 2.45) is 0 Å². The SMILES string of the molecule is CC(=O)COCCOCCNC(=O)CN(CCN(CC(=O)O)CC(=O)O)CC(=O)O. The predicted molar refractivity (Wildman–Crippen MR) is 101 cm³/mol. The van der Waals surface area contributed by atoms with Crippen molar-refractivity contribution in [2.45, 2.75) is 6.92 Å². The predicted octanol–water partition coefficient (Wildman–Crippen LogP) is -2.42. The molecule has 0 spiro atoms. The van der Waals surface area contributed by atoms with Crippen molar-refractivity contribution >= 4 is 29.6 Å². The van der Waals surface area contributed by atoms with Crippen LogP contribution in [0.3, 0.4) is 0 Å². The summed E-state index contributed by atoms with van der Waals surface area (Å²) in [7, 11) is 0. The number of nitrogens with one attached hydrogen (secondary N) is 1. The number of carbonyl (C=O) groups excluding carboxylic acids is 2. The van der Waals surface area contributed by atoms with Gasteiger partial charge in [0, 0.05) is 19.6 Å². The Hall–Kier alpha value is -2.61. The van der Waals surface area contributed by atoms with E-state index in [4.69, 9.17) is 24.8 Å². The third-order valence-electron chi connectivity index (χ3n) is 3.42. The summed E-state index contributed by atoms with van der Waals surface area (Å²) in [5, 5.41) is 29.2. The van der Waals surface area contributed by atoms with Gasteiger partial charge in [0.05, 0.1) is 46.0 Å². The Balaban J connectivity index is 4.28. The van der Waals surface area contributed by atoms with Gasteiger partial charge in [-0.3, -0.25) is 33.8 Å². The highest BCUT2D eigenvalue weighted by molar-refractivity contribution is 5.79. The standard InChI is InChI=1S/C17H29N3O10/c1-13(21)12-30-7-6-29-5-2-18-14(22)8-19(9-15(23)24)3-4-20(10-16(25)26)11-17(27)28/h2-12H2,1H3,(H,18,22)(H,23,24)(H,25,26)(H,27,28). The molecule has 4 N–H and O–H groups in total. The largest absolute Gasteiger partial charge is 0.480 e. The second-order valence-corrected chi connectivity index (χ2v) is 6.32. The molecular formula is C17H29N3O10. The van der Waals surface area contributed by atoms with E-state index in [9.17, 15) is 24.0 Å². The summed E-state index contributed by atoms with van der Waals surface area (Å²) in [5.41, 5.74) is 0. The van der Waals surface area contributed by atoms with Crippen molar-refractivity contribution in [1.29, 1.82) is 0 Å². The number of hydrogen-bond donors (Lipinski definition) is 4. The van der Waals surface area contributed by atoms with Gasteiger partial charge in [-0.05, 0) is 6.92 Å². The van der Waals surface area contributed by atoms with Crippen molar-refractivity contribution in [3.8, 4) is 0 Å². The molecule has 0 aromatic heterocycles. The van der Waals surface area contributed by atoms with E-state index < -0.39 is 43.4 Å². The van der Waals surface area contributed by atoms with Crippen molar-refractivity contribution < 1.29 is 48.8 Å². The van der Waals surface area contributed by atoms with E-state index in [-0.39, 0.29) is 58.4 Å². The van der Waals surface area contributed by atoms with Crippen LogP contribution >= 0.6 is 0 Å². The van der Waals surface area contributed by atoms with Crippen LogP contribution in [0, 0.1) is 0 Å². The maximum atomic E-state index is 12.0. The fourth-order valence-electron chi connectivity index (χ4n) is 2.24. The van der Waals surface area contributed by atoms with Crippen LogP contribution in [0.15, 0.2) is 0 Å². The molecule has 0 aliphatic heterocycles. The molecule has 1 amide bonds. The van der Waals surface area contributed by atoms with Gasteiger partial charge >= 0.3 is 17.9 Å². The maximum Gasteiger partial charge on any atom is 0.317 e. The molecular weight excluding hydrogens is 406 g/mol. The van der Waals surface area contributed by atoms with E-state index >= 15 is 0 Å². The summed E-state index contributed by atoms with van der Waals surface area (Å²) < 4.78 is 10.2. The first-order chi connectivity index (χ1) is 14.1. The molecule has 0 saturated carbocycles. The molecule has 0 aliphatic rings. The zero-order chi connectivity index (χ0) is 22.9. The van der Waals surface area contributed by atoms with Gasteiger partial charge in [-0.25, -0.2) is 0 Å². The topological polar surface area (TPSA) is 183 Å². The average Bonchev–Trinajstić information content (AvgIpc) is 2.60. The van der Waals surface area contributed by atoms with Crippen LogP contribution in [0.4, 0.5) is 0 Å². The molecule has 0 atom stereocenters. The monoisotopic (exact) mass is 435 g/mol. The molecule has 0 saturated heterocycles. The second-order valence-electron chi connectivity index (χ2n) is 6.32. The van der Waals surface area contributed by atoms with Crippen LogP contribution in [-0.4, -0.2) is 127 Å². The van der Waals surface area contributed by atoms with Gasteiger partial charge < -0.3 is 30.1 Å². The lowest BCUT2D eigenvalue weighted by molar-refractivity contribution is -0.143. The number of nitrogens with zero attached hydrogens (tertiary/aromatic N) is 2. The lowest BCUT2D eigenvalue weighted by atomic mass is 10.3. The number of carboxylic acids is 3. The van der Waals surface area contributed by atoms with E-state index in [2.05, 4.69) is 5.32 Å². The van der Waals surface area contributed by atoms with Crippen LogP contribution in [0.5, 0.6) is 0 Å². The quantitative estimate of drug-likeness (QED) is 0.158. The van der Waals surface area contributed by atoms with Gasteiger partial charge in [-0.15, -0.1) is 0 Å². The van der Waals surface area contributed by atoms with Gasteiger partial charge in [-0.1, -0.05) is 0 Å². The summed E-state index contributed by atoms with van der Waals surface area (Å²) in [4.78, 5) is 57.7. The van der Waals surface area contributed by atoms with Gasteiger partial charge in [0.25, 0.3) is 0 Å². The van der Waals surface area contributed by atoms with E-state index in [0.29, 0.717) is 0 Å². The molecule has 172 valence electrons. The molecule has 13 heteroatoms. The lowest BCUT2D eigenvalue weighted by Crippen LogP contribution is -2.45. The number of hydrogen-bond acceptors (Lipinski definition) is 9. The van der Waals surface area contributed by atoms with E-state index in [0.717, 1.165) is 4.90 Å². The van der Waals surface area contributed by atoms with E-state index in [1.54, 1.807) is 0 Å². The third kappa shape index (κ3) is 17.5. The van der Waals surface area contributed by atoms with Gasteiger partial charge in [0.2, 0.25) is 5.91 Å². The number of aliphatic carboxylic acids is 3. The number of rotatable bonds is 19. The fraction of sp³-hybridized carbons (Fsp3) is 0.706. The Kier molecular flexibility index (Phi) is 14.8. The van der Waals surface area contributed by atoms with Gasteiger partial charge in [0.1, 0.15) is 6.61 Å². The maximum absolute atomic E-state index is 12.0. The van der Waals surface area contributed by atoms with Gasteiger partial charge in [0.15, 0.2) is 5.78 Å². The number of amides is 1. The van der Waals surface area contributed by atoms with Crippen molar-refractivity contribution in [1.82, 2.24) is 15.1 Å². The number of ketones is 1. The van der Waals surface area contributed by atoms with Crippen molar-refractivity contribution in [3.05, 3.63) is 0 Å². The molecule has 0 unspecified atom stereocenters. The second kappa shape index (κ2) is 16.2. The first-order valence-electron chi connectivity index (χ1n) is 9.11. The summed E-state index contributed by atoms with van der Waals surface area (Å²) in [5.74, 6) is -4.17. The highest BCUT2D eigenvalue weighted by atomic mass is 16.5.